The molecule has 4 aromatic rings. The number of rotatable bonds is 16. The first-order valence-electron chi connectivity index (χ1n) is 19.2. The molecule has 3 aromatic carbocycles. The topological polar surface area (TPSA) is 293 Å². The highest BCUT2D eigenvalue weighted by atomic mass is 35.5. The number of aliphatic carboxylic acids is 1. The van der Waals surface area contributed by atoms with Crippen LogP contribution in [0.1, 0.15) is 36.4 Å². The molecular formula is C39H42ClN11O11. The van der Waals surface area contributed by atoms with Gasteiger partial charge in [0.1, 0.15) is 12.4 Å². The van der Waals surface area contributed by atoms with Crippen LogP contribution >= 0.6 is 11.6 Å². The van der Waals surface area contributed by atoms with Gasteiger partial charge in [-0.25, -0.2) is 24.3 Å². The fraction of sp³-hybridized carbons (Fsp3) is 0.333. The van der Waals surface area contributed by atoms with Crippen LogP contribution in [0.25, 0.3) is 5.69 Å². The number of aromatic nitrogens is 4. The van der Waals surface area contributed by atoms with E-state index in [2.05, 4.69) is 31.6 Å². The summed E-state index contributed by atoms with van der Waals surface area (Å²) < 4.78 is 1.14. The number of aliphatic hydroxyl groups is 2. The van der Waals surface area contributed by atoms with Crippen molar-refractivity contribution >= 4 is 70.8 Å². The lowest BCUT2D eigenvalue weighted by Gasteiger charge is -2.44. The smallest absolute Gasteiger partial charge is 0.414 e. The Hall–Kier alpha value is -7.17. The predicted octanol–water partition coefficient (Wildman–Crippen LogP) is 1.50. The summed E-state index contributed by atoms with van der Waals surface area (Å²) in [4.78, 5) is 95.7. The van der Waals surface area contributed by atoms with Crippen LogP contribution in [0.2, 0.25) is 5.02 Å². The van der Waals surface area contributed by atoms with Crippen molar-refractivity contribution in [1.82, 2.24) is 40.3 Å². The molecule has 2 unspecified atom stereocenters. The van der Waals surface area contributed by atoms with Crippen molar-refractivity contribution in [2.24, 2.45) is 5.92 Å². The highest BCUT2D eigenvalue weighted by Crippen LogP contribution is 2.49. The van der Waals surface area contributed by atoms with Crippen LogP contribution in [-0.2, 0) is 30.4 Å². The van der Waals surface area contributed by atoms with Gasteiger partial charge >= 0.3 is 24.0 Å². The SMILES string of the molecule is O=CC(=O)N(Nc1cc(Cl)ccc1-n1cnnn1)C1(C(=O)O)C(NC(=O)CCc2ccc(NC(=O)N3CCC(C(=O)N(CCO)CCO)CC3)cc2)c2ccccc2N1C(=O)O. The lowest BCUT2D eigenvalue weighted by molar-refractivity contribution is -0.160. The molecule has 0 spiro atoms. The summed E-state index contributed by atoms with van der Waals surface area (Å²) in [6, 6.07) is 14.2. The molecule has 0 saturated carbocycles. The van der Waals surface area contributed by atoms with Gasteiger partial charge in [0, 0.05) is 54.8 Å². The normalized spacial score (nSPS) is 17.1. The first kappa shape index (κ1) is 44.4. The maximum Gasteiger partial charge on any atom is 0.414 e. The number of hydrazine groups is 1. The molecule has 1 saturated heterocycles. The Morgan fingerprint density at radius 1 is 0.919 bits per heavy atom. The molecule has 2 aliphatic heterocycles. The molecule has 23 heteroatoms. The quantitative estimate of drug-likeness (QED) is 0.0477. The number of carboxylic acid groups (broad SMARTS) is 2. The summed E-state index contributed by atoms with van der Waals surface area (Å²) in [7, 11) is 0. The second kappa shape index (κ2) is 19.5. The number of hydrogen-bond donors (Lipinski definition) is 7. The van der Waals surface area contributed by atoms with Crippen LogP contribution < -0.4 is 21.0 Å². The fourth-order valence-corrected chi connectivity index (χ4v) is 7.77. The minimum absolute atomic E-state index is 0.00392. The summed E-state index contributed by atoms with van der Waals surface area (Å²) in [5, 5.41) is 57.0. The molecule has 1 aromatic heterocycles. The number of aryl methyl sites for hydroxylation is 1. The minimum atomic E-state index is -3.06. The molecule has 326 valence electrons. The van der Waals surface area contributed by atoms with Crippen LogP contribution in [0.3, 0.4) is 0 Å². The Morgan fingerprint density at radius 2 is 1.61 bits per heavy atom. The maximum atomic E-state index is 13.8. The average Bonchev–Trinajstić information content (AvgIpc) is 3.91. The van der Waals surface area contributed by atoms with Crippen molar-refractivity contribution in [3.8, 4) is 5.69 Å². The van der Waals surface area contributed by atoms with E-state index in [1.54, 1.807) is 29.2 Å². The van der Waals surface area contributed by atoms with Gasteiger partial charge in [0.15, 0.2) is 0 Å². The van der Waals surface area contributed by atoms with Gasteiger partial charge in [-0.3, -0.25) is 24.6 Å². The number of aldehydes is 1. The van der Waals surface area contributed by atoms with Crippen molar-refractivity contribution in [1.29, 1.82) is 0 Å². The number of nitrogens with zero attached hydrogens (tertiary/aromatic N) is 8. The molecular weight excluding hydrogens is 834 g/mol. The first-order chi connectivity index (χ1) is 29.8. The summed E-state index contributed by atoms with van der Waals surface area (Å²) in [6.45, 7) is 0.422. The molecule has 0 bridgehead atoms. The van der Waals surface area contributed by atoms with Crippen LogP contribution in [0.5, 0.6) is 0 Å². The number of aliphatic hydroxyl groups excluding tert-OH is 2. The molecule has 3 heterocycles. The lowest BCUT2D eigenvalue weighted by atomic mass is 9.95. The third-order valence-corrected chi connectivity index (χ3v) is 10.8. The molecule has 6 rings (SSSR count). The molecule has 22 nitrogen and oxygen atoms in total. The maximum absolute atomic E-state index is 13.8. The van der Waals surface area contributed by atoms with Gasteiger partial charge in [0.2, 0.25) is 18.1 Å². The van der Waals surface area contributed by atoms with Crippen LogP contribution in [0.4, 0.5) is 26.7 Å². The number of benzene rings is 3. The number of tetrazole rings is 1. The summed E-state index contributed by atoms with van der Waals surface area (Å²) >= 11 is 6.27. The number of carbonyl (C=O) groups excluding carboxylic acids is 5. The van der Waals surface area contributed by atoms with E-state index in [1.807, 2.05) is 0 Å². The molecule has 0 radical (unpaired) electrons. The van der Waals surface area contributed by atoms with Gasteiger partial charge in [0.25, 0.3) is 5.66 Å². The molecule has 6 amide bonds. The van der Waals surface area contributed by atoms with Gasteiger partial charge in [-0.05, 0) is 71.7 Å². The number of nitrogens with one attached hydrogen (secondary N) is 3. The van der Waals surface area contributed by atoms with E-state index in [0.717, 1.165) is 4.68 Å². The van der Waals surface area contributed by atoms with Crippen LogP contribution in [0, 0.1) is 5.92 Å². The summed E-state index contributed by atoms with van der Waals surface area (Å²) in [6.07, 6.45) is -0.170. The number of fused-ring (bicyclic) bond motifs is 1. The number of halogens is 1. The fourth-order valence-electron chi connectivity index (χ4n) is 7.60. The number of likely N-dealkylation sites (tertiary alicyclic amines) is 1. The Balaban J connectivity index is 1.18. The zero-order valence-electron chi connectivity index (χ0n) is 32.8. The summed E-state index contributed by atoms with van der Waals surface area (Å²) in [5.41, 5.74) is 0.426. The Labute approximate surface area is 357 Å². The van der Waals surface area contributed by atoms with Gasteiger partial charge < -0.3 is 40.9 Å². The molecule has 62 heavy (non-hydrogen) atoms. The molecule has 2 atom stereocenters. The van der Waals surface area contributed by atoms with Crippen molar-refractivity contribution < 1.29 is 54.0 Å². The van der Waals surface area contributed by atoms with E-state index in [0.29, 0.717) is 47.1 Å². The van der Waals surface area contributed by atoms with Gasteiger partial charge in [-0.2, -0.15) is 4.68 Å². The number of anilines is 3. The number of piperidine rings is 1. The molecule has 1 fully saturated rings. The Bertz CT molecular complexity index is 2300. The number of amides is 6. The Kier molecular flexibility index (Phi) is 13.9. The van der Waals surface area contributed by atoms with E-state index in [4.69, 9.17) is 11.6 Å². The molecule has 7 N–H and O–H groups in total. The number of hydrogen-bond acceptors (Lipinski definition) is 13. The minimum Gasteiger partial charge on any atom is -0.478 e. The highest BCUT2D eigenvalue weighted by molar-refractivity contribution is 6.31. The largest absolute Gasteiger partial charge is 0.478 e. The van der Waals surface area contributed by atoms with Gasteiger partial charge in [0.05, 0.1) is 30.3 Å². The second-order valence-corrected chi connectivity index (χ2v) is 14.6. The van der Waals surface area contributed by atoms with Gasteiger partial charge in [-0.1, -0.05) is 41.9 Å². The van der Waals surface area contributed by atoms with Crippen LogP contribution in [0.15, 0.2) is 73.1 Å². The monoisotopic (exact) mass is 875 g/mol. The first-order valence-corrected chi connectivity index (χ1v) is 19.6. The number of carbonyl (C=O) groups is 7. The molecule has 2 aliphatic rings. The van der Waals surface area contributed by atoms with Crippen molar-refractivity contribution in [2.45, 2.75) is 37.4 Å². The van der Waals surface area contributed by atoms with Crippen molar-refractivity contribution in [3.05, 3.63) is 89.2 Å². The van der Waals surface area contributed by atoms with Crippen molar-refractivity contribution in [3.63, 3.8) is 0 Å². The van der Waals surface area contributed by atoms with E-state index in [-0.39, 0.29) is 90.9 Å². The number of urea groups is 1. The Morgan fingerprint density at radius 3 is 2.23 bits per heavy atom. The van der Waals surface area contributed by atoms with Gasteiger partial charge in [-0.15, -0.1) is 5.10 Å². The molecule has 0 aliphatic carbocycles. The third-order valence-electron chi connectivity index (χ3n) is 10.5. The summed E-state index contributed by atoms with van der Waals surface area (Å²) in [5.74, 6) is -4.72. The second-order valence-electron chi connectivity index (χ2n) is 14.2. The number of carboxylic acids is 1. The van der Waals surface area contributed by atoms with E-state index in [1.165, 1.54) is 53.7 Å². The van der Waals surface area contributed by atoms with Crippen molar-refractivity contribution in [2.75, 3.05) is 55.0 Å². The number of para-hydroxylation sites is 1. The van der Waals surface area contributed by atoms with Crippen LogP contribution in [-0.4, -0.2) is 143 Å². The van der Waals surface area contributed by atoms with E-state index in [9.17, 15) is 54.0 Å². The van der Waals surface area contributed by atoms with E-state index < -0.39 is 35.6 Å². The third kappa shape index (κ3) is 9.11. The predicted molar refractivity (Wildman–Crippen MR) is 218 cm³/mol. The average molecular weight is 876 g/mol. The zero-order valence-corrected chi connectivity index (χ0v) is 33.6. The highest BCUT2D eigenvalue weighted by Gasteiger charge is 2.66. The standard InChI is InChI=1S/C39H42ClN11O11/c40-26-8-11-31(49-23-41-45-46-49)29(21-26)44-51(33(56)22-54)39(36(58)59)34(28-3-1-2-4-30(28)50(39)38(61)62)43-32(55)12-7-24-5-9-27(10-6-24)42-37(60)48-15-13-25(14-16-48)35(57)47(17-19-52)18-20-53/h1-6,8-11,21-23,25,34,44,52-53H,7,12-20H2,(H,42,60)(H,43,55)(H,58,59)(H,61,62). The lowest BCUT2D eigenvalue weighted by Crippen LogP contribution is -2.72. The zero-order chi connectivity index (χ0) is 44.6. The van der Waals surface area contributed by atoms with E-state index >= 15 is 0 Å².